The Morgan fingerprint density at radius 1 is 1.32 bits per heavy atom. The van der Waals surface area contributed by atoms with Crippen molar-refractivity contribution in [2.45, 2.75) is 83.5 Å². The first-order chi connectivity index (χ1) is 9.17. The molecule has 2 atom stereocenters. The molecule has 4 nitrogen and oxygen atoms in total. The number of carbonyl (C=O) groups is 1. The summed E-state index contributed by atoms with van der Waals surface area (Å²) >= 11 is 0. The number of ether oxygens (including phenoxy) is 1. The fourth-order valence-corrected chi connectivity index (χ4v) is 2.58. The summed E-state index contributed by atoms with van der Waals surface area (Å²) in [4.78, 5) is 12.0. The molecule has 2 unspecified atom stereocenters. The molecule has 0 spiro atoms. The molecule has 112 valence electrons. The second kappa shape index (κ2) is 9.32. The van der Waals surface area contributed by atoms with Crippen LogP contribution in [0.5, 0.6) is 0 Å². The quantitative estimate of drug-likeness (QED) is 0.699. The fraction of sp³-hybridized carbons (Fsp3) is 0.933. The lowest BCUT2D eigenvalue weighted by Crippen LogP contribution is -2.42. The van der Waals surface area contributed by atoms with Crippen LogP contribution in [-0.2, 0) is 9.53 Å². The Balaban J connectivity index is 2.34. The van der Waals surface area contributed by atoms with Gasteiger partial charge in [-0.2, -0.15) is 0 Å². The smallest absolute Gasteiger partial charge is 0.249 e. The number of rotatable bonds is 7. The Hall–Kier alpha value is -0.610. The first-order valence-electron chi connectivity index (χ1n) is 7.74. The highest BCUT2D eigenvalue weighted by Crippen LogP contribution is 2.21. The van der Waals surface area contributed by atoms with Gasteiger partial charge in [0.25, 0.3) is 0 Å². The zero-order valence-corrected chi connectivity index (χ0v) is 12.4. The van der Waals surface area contributed by atoms with Crippen molar-refractivity contribution in [1.29, 1.82) is 0 Å². The van der Waals surface area contributed by atoms with E-state index in [2.05, 4.69) is 5.32 Å². The van der Waals surface area contributed by atoms with E-state index < -0.39 is 6.10 Å². The number of carbonyl (C=O) groups excluding carboxylic acids is 1. The van der Waals surface area contributed by atoms with E-state index in [9.17, 15) is 4.79 Å². The van der Waals surface area contributed by atoms with Crippen molar-refractivity contribution in [3.05, 3.63) is 0 Å². The molecule has 1 saturated carbocycles. The highest BCUT2D eigenvalue weighted by molar-refractivity contribution is 5.80. The Morgan fingerprint density at radius 2 is 1.95 bits per heavy atom. The van der Waals surface area contributed by atoms with Gasteiger partial charge in [-0.1, -0.05) is 32.6 Å². The molecule has 19 heavy (non-hydrogen) atoms. The van der Waals surface area contributed by atoms with Gasteiger partial charge in [0.05, 0.1) is 6.10 Å². The van der Waals surface area contributed by atoms with Gasteiger partial charge in [-0.3, -0.25) is 4.79 Å². The van der Waals surface area contributed by atoms with Gasteiger partial charge in [0, 0.05) is 12.6 Å². The van der Waals surface area contributed by atoms with Crippen molar-refractivity contribution in [2.24, 2.45) is 0 Å². The maximum absolute atomic E-state index is 12.0. The molecular weight excluding hydrogens is 242 g/mol. The fourth-order valence-electron chi connectivity index (χ4n) is 2.58. The molecule has 0 aromatic rings. The Kier molecular flexibility index (Phi) is 8.07. The van der Waals surface area contributed by atoms with Gasteiger partial charge in [-0.05, 0) is 32.6 Å². The predicted molar refractivity (Wildman–Crippen MR) is 76.0 cm³/mol. The summed E-state index contributed by atoms with van der Waals surface area (Å²) < 4.78 is 5.88. The summed E-state index contributed by atoms with van der Waals surface area (Å²) in [6.45, 7) is 3.94. The van der Waals surface area contributed by atoms with E-state index in [1.807, 2.05) is 13.8 Å². The van der Waals surface area contributed by atoms with E-state index in [0.29, 0.717) is 6.42 Å². The Labute approximate surface area is 116 Å². The lowest BCUT2D eigenvalue weighted by atomic mass is 10.1. The van der Waals surface area contributed by atoms with Crippen molar-refractivity contribution < 1.29 is 14.6 Å². The summed E-state index contributed by atoms with van der Waals surface area (Å²) in [5, 5.41) is 11.9. The molecule has 1 fully saturated rings. The largest absolute Gasteiger partial charge is 0.396 e. The van der Waals surface area contributed by atoms with Gasteiger partial charge in [0.2, 0.25) is 5.91 Å². The normalized spacial score (nSPS) is 20.6. The van der Waals surface area contributed by atoms with Gasteiger partial charge in [-0.25, -0.2) is 0 Å². The average Bonchev–Trinajstić information content (AvgIpc) is 2.66. The SMILES string of the molecule is CCC(CCO)NC(=O)C(C)OC1CCCCCC1. The highest BCUT2D eigenvalue weighted by Gasteiger charge is 2.21. The zero-order chi connectivity index (χ0) is 14.1. The van der Waals surface area contributed by atoms with E-state index in [0.717, 1.165) is 19.3 Å². The lowest BCUT2D eigenvalue weighted by Gasteiger charge is -2.23. The summed E-state index contributed by atoms with van der Waals surface area (Å²) in [6.07, 6.45) is 8.43. The average molecular weight is 271 g/mol. The number of hydrogen-bond acceptors (Lipinski definition) is 3. The third-order valence-corrected chi connectivity index (χ3v) is 3.88. The van der Waals surface area contributed by atoms with Crippen LogP contribution < -0.4 is 5.32 Å². The minimum atomic E-state index is -0.393. The summed E-state index contributed by atoms with van der Waals surface area (Å²) in [6, 6.07) is 0.0534. The predicted octanol–water partition coefficient (Wildman–Crippen LogP) is 2.39. The van der Waals surface area contributed by atoms with Crippen LogP contribution in [0.3, 0.4) is 0 Å². The van der Waals surface area contributed by atoms with Crippen LogP contribution in [0.1, 0.15) is 65.2 Å². The molecule has 2 N–H and O–H groups in total. The highest BCUT2D eigenvalue weighted by atomic mass is 16.5. The topological polar surface area (TPSA) is 58.6 Å². The standard InChI is InChI=1S/C15H29NO3/c1-3-13(10-11-17)16-15(18)12(2)19-14-8-6-4-5-7-9-14/h12-14,17H,3-11H2,1-2H3,(H,16,18). The molecule has 0 bridgehead atoms. The number of amides is 1. The Bertz CT molecular complexity index is 250. The van der Waals surface area contributed by atoms with Crippen LogP contribution >= 0.6 is 0 Å². The minimum Gasteiger partial charge on any atom is -0.396 e. The molecule has 0 aliphatic heterocycles. The van der Waals surface area contributed by atoms with Gasteiger partial charge in [-0.15, -0.1) is 0 Å². The van der Waals surface area contributed by atoms with Crippen molar-refractivity contribution in [1.82, 2.24) is 5.32 Å². The molecule has 0 heterocycles. The summed E-state index contributed by atoms with van der Waals surface area (Å²) in [7, 11) is 0. The second-order valence-electron chi connectivity index (χ2n) is 5.52. The summed E-state index contributed by atoms with van der Waals surface area (Å²) in [5.74, 6) is -0.0513. The molecule has 1 rings (SSSR count). The molecule has 1 aliphatic carbocycles. The molecule has 0 aromatic carbocycles. The zero-order valence-electron chi connectivity index (χ0n) is 12.4. The maximum Gasteiger partial charge on any atom is 0.249 e. The summed E-state index contributed by atoms with van der Waals surface area (Å²) in [5.41, 5.74) is 0. The maximum atomic E-state index is 12.0. The molecule has 1 amide bonds. The van der Waals surface area contributed by atoms with Crippen LogP contribution in [0.4, 0.5) is 0 Å². The van der Waals surface area contributed by atoms with Gasteiger partial charge >= 0.3 is 0 Å². The minimum absolute atomic E-state index is 0.0513. The van der Waals surface area contributed by atoms with Crippen LogP contribution in [-0.4, -0.2) is 35.9 Å². The molecule has 4 heteroatoms. The van der Waals surface area contributed by atoms with E-state index >= 15 is 0 Å². The molecule has 0 aromatic heterocycles. The second-order valence-corrected chi connectivity index (χ2v) is 5.52. The van der Waals surface area contributed by atoms with Gasteiger partial charge in [0.1, 0.15) is 6.10 Å². The number of aliphatic hydroxyl groups excluding tert-OH is 1. The number of nitrogens with one attached hydrogen (secondary N) is 1. The lowest BCUT2D eigenvalue weighted by molar-refractivity contribution is -0.136. The number of hydrogen-bond donors (Lipinski definition) is 2. The van der Waals surface area contributed by atoms with E-state index in [1.165, 1.54) is 25.7 Å². The van der Waals surface area contributed by atoms with Crippen molar-refractivity contribution in [3.63, 3.8) is 0 Å². The van der Waals surface area contributed by atoms with Crippen molar-refractivity contribution in [2.75, 3.05) is 6.61 Å². The van der Waals surface area contributed by atoms with E-state index in [-0.39, 0.29) is 24.7 Å². The first kappa shape index (κ1) is 16.4. The van der Waals surface area contributed by atoms with Crippen molar-refractivity contribution >= 4 is 5.91 Å². The molecule has 0 radical (unpaired) electrons. The van der Waals surface area contributed by atoms with E-state index in [1.54, 1.807) is 0 Å². The van der Waals surface area contributed by atoms with Crippen molar-refractivity contribution in [3.8, 4) is 0 Å². The van der Waals surface area contributed by atoms with Crippen LogP contribution in [0.2, 0.25) is 0 Å². The molecular formula is C15H29NO3. The van der Waals surface area contributed by atoms with Crippen LogP contribution in [0.25, 0.3) is 0 Å². The first-order valence-corrected chi connectivity index (χ1v) is 7.74. The third-order valence-electron chi connectivity index (χ3n) is 3.88. The van der Waals surface area contributed by atoms with E-state index in [4.69, 9.17) is 9.84 Å². The molecule has 1 aliphatic rings. The van der Waals surface area contributed by atoms with Gasteiger partial charge in [0.15, 0.2) is 0 Å². The number of aliphatic hydroxyl groups is 1. The third kappa shape index (κ3) is 6.39. The van der Waals surface area contributed by atoms with Crippen LogP contribution in [0, 0.1) is 0 Å². The molecule has 0 saturated heterocycles. The van der Waals surface area contributed by atoms with Crippen LogP contribution in [0.15, 0.2) is 0 Å². The Morgan fingerprint density at radius 3 is 2.47 bits per heavy atom. The monoisotopic (exact) mass is 271 g/mol. The van der Waals surface area contributed by atoms with Gasteiger partial charge < -0.3 is 15.2 Å².